The predicted octanol–water partition coefficient (Wildman–Crippen LogP) is 2.97. The minimum Gasteiger partial charge on any atom is -0.480 e. The minimum atomic E-state index is -1.14. The lowest BCUT2D eigenvalue weighted by atomic mass is 9.86. The van der Waals surface area contributed by atoms with Gasteiger partial charge in [0.15, 0.2) is 0 Å². The molecule has 2 aromatic rings. The van der Waals surface area contributed by atoms with Crippen LogP contribution in [-0.2, 0) is 20.6 Å². The van der Waals surface area contributed by atoms with E-state index in [0.29, 0.717) is 16.8 Å². The summed E-state index contributed by atoms with van der Waals surface area (Å²) < 4.78 is 27.6. The SMILES string of the molecule is CC1(C)OB(C(F)=Cc2cn(CC(=O)O)nc2-c2ccncc2)OC1(C)C. The lowest BCUT2D eigenvalue weighted by Gasteiger charge is -2.32. The van der Waals surface area contributed by atoms with Crippen molar-refractivity contribution in [1.29, 1.82) is 0 Å². The van der Waals surface area contributed by atoms with Gasteiger partial charge in [-0.1, -0.05) is 0 Å². The number of pyridine rings is 1. The number of hydrogen-bond donors (Lipinski definition) is 1. The Morgan fingerprint density at radius 2 is 1.85 bits per heavy atom. The molecule has 27 heavy (non-hydrogen) atoms. The fourth-order valence-electron chi connectivity index (χ4n) is 2.67. The molecule has 2 aromatic heterocycles. The highest BCUT2D eigenvalue weighted by molar-refractivity contribution is 6.54. The van der Waals surface area contributed by atoms with Crippen molar-refractivity contribution in [3.05, 3.63) is 42.0 Å². The molecule has 7 nitrogen and oxygen atoms in total. The van der Waals surface area contributed by atoms with E-state index in [0.717, 1.165) is 0 Å². The molecule has 0 bridgehead atoms. The third-order valence-corrected chi connectivity index (χ3v) is 4.81. The first kappa shape index (κ1) is 19.3. The van der Waals surface area contributed by atoms with Gasteiger partial charge in [-0.25, -0.2) is 4.39 Å². The van der Waals surface area contributed by atoms with Gasteiger partial charge in [0.2, 0.25) is 0 Å². The molecule has 9 heteroatoms. The summed E-state index contributed by atoms with van der Waals surface area (Å²) in [6, 6.07) is 3.44. The number of halogens is 1. The van der Waals surface area contributed by atoms with Gasteiger partial charge in [0.1, 0.15) is 12.3 Å². The Bertz CT molecular complexity index is 864. The maximum absolute atomic E-state index is 14.9. The first-order chi connectivity index (χ1) is 12.6. The summed E-state index contributed by atoms with van der Waals surface area (Å²) in [4.78, 5) is 15.0. The van der Waals surface area contributed by atoms with E-state index in [9.17, 15) is 9.18 Å². The zero-order valence-corrected chi connectivity index (χ0v) is 15.6. The van der Waals surface area contributed by atoms with Crippen LogP contribution >= 0.6 is 0 Å². The molecule has 1 N–H and O–H groups in total. The topological polar surface area (TPSA) is 86.5 Å². The minimum absolute atomic E-state index is 0.329. The lowest BCUT2D eigenvalue weighted by molar-refractivity contribution is -0.137. The van der Waals surface area contributed by atoms with Gasteiger partial charge in [-0.05, 0) is 45.9 Å². The highest BCUT2D eigenvalue weighted by Gasteiger charge is 2.53. The van der Waals surface area contributed by atoms with Crippen LogP contribution in [0.1, 0.15) is 33.3 Å². The zero-order chi connectivity index (χ0) is 19.8. The quantitative estimate of drug-likeness (QED) is 0.811. The van der Waals surface area contributed by atoms with E-state index in [-0.39, 0.29) is 6.54 Å². The molecule has 142 valence electrons. The Kier molecular flexibility index (Phi) is 4.92. The highest BCUT2D eigenvalue weighted by Crippen LogP contribution is 2.39. The van der Waals surface area contributed by atoms with Crippen molar-refractivity contribution in [2.24, 2.45) is 0 Å². The molecule has 3 rings (SSSR count). The Labute approximate surface area is 157 Å². The molecule has 1 fully saturated rings. The van der Waals surface area contributed by atoms with Crippen LogP contribution < -0.4 is 0 Å². The van der Waals surface area contributed by atoms with E-state index in [1.54, 1.807) is 24.5 Å². The molecule has 1 saturated heterocycles. The first-order valence-electron chi connectivity index (χ1n) is 8.51. The van der Waals surface area contributed by atoms with Crippen LogP contribution in [0, 0.1) is 0 Å². The number of rotatable bonds is 5. The standard InChI is InChI=1S/C18H21BFN3O4/c1-17(2)18(3,4)27-19(26-17)14(20)9-13-10-23(11-15(24)25)22-16(13)12-5-7-21-8-6-12/h5-10H,11H2,1-4H3,(H,24,25). The molecule has 0 spiro atoms. The number of nitrogens with zero attached hydrogens (tertiary/aromatic N) is 3. The second-order valence-corrected chi connectivity index (χ2v) is 7.38. The fraction of sp³-hybridized carbons (Fsp3) is 0.389. The Hall–Kier alpha value is -2.52. The van der Waals surface area contributed by atoms with Crippen LogP contribution in [0.25, 0.3) is 17.3 Å². The van der Waals surface area contributed by atoms with Gasteiger partial charge in [-0.3, -0.25) is 14.5 Å². The maximum atomic E-state index is 14.9. The monoisotopic (exact) mass is 373 g/mol. The van der Waals surface area contributed by atoms with E-state index in [1.807, 2.05) is 27.7 Å². The zero-order valence-electron chi connectivity index (χ0n) is 15.6. The van der Waals surface area contributed by atoms with Crippen molar-refractivity contribution in [2.45, 2.75) is 45.4 Å². The van der Waals surface area contributed by atoms with Gasteiger partial charge >= 0.3 is 13.1 Å². The van der Waals surface area contributed by atoms with Gasteiger partial charge in [0, 0.05) is 29.7 Å². The first-order valence-corrected chi connectivity index (χ1v) is 8.51. The van der Waals surface area contributed by atoms with Crippen LogP contribution in [0.5, 0.6) is 0 Å². The number of aromatic nitrogens is 3. The van der Waals surface area contributed by atoms with Crippen molar-refractivity contribution in [3.63, 3.8) is 0 Å². The van der Waals surface area contributed by atoms with Gasteiger partial charge in [0.05, 0.1) is 16.9 Å². The summed E-state index contributed by atoms with van der Waals surface area (Å²) in [5.74, 6) is -1.04. The van der Waals surface area contributed by atoms with E-state index in [4.69, 9.17) is 14.4 Å². The molecule has 0 aliphatic carbocycles. The van der Waals surface area contributed by atoms with Gasteiger partial charge in [-0.2, -0.15) is 5.10 Å². The van der Waals surface area contributed by atoms with E-state index < -0.39 is 30.0 Å². The van der Waals surface area contributed by atoms with E-state index >= 15 is 0 Å². The van der Waals surface area contributed by atoms with Crippen molar-refractivity contribution in [3.8, 4) is 11.3 Å². The Balaban J connectivity index is 1.97. The third-order valence-electron chi connectivity index (χ3n) is 4.81. The molecule has 0 atom stereocenters. The van der Waals surface area contributed by atoms with Crippen molar-refractivity contribution < 1.29 is 23.6 Å². The molecule has 1 aliphatic heterocycles. The number of carbonyl (C=O) groups is 1. The number of carboxylic acids is 1. The maximum Gasteiger partial charge on any atom is 0.525 e. The largest absolute Gasteiger partial charge is 0.525 e. The molecule has 0 amide bonds. The third kappa shape index (κ3) is 3.94. The molecular formula is C18H21BFN3O4. The van der Waals surface area contributed by atoms with Crippen molar-refractivity contribution in [1.82, 2.24) is 14.8 Å². The van der Waals surface area contributed by atoms with Crippen LogP contribution in [0.3, 0.4) is 0 Å². The van der Waals surface area contributed by atoms with E-state index in [1.165, 1.54) is 17.0 Å². The smallest absolute Gasteiger partial charge is 0.480 e. The Morgan fingerprint density at radius 1 is 1.26 bits per heavy atom. The summed E-state index contributed by atoms with van der Waals surface area (Å²) in [5, 5.41) is 13.3. The normalized spacial score (nSPS) is 18.7. The van der Waals surface area contributed by atoms with Crippen molar-refractivity contribution >= 4 is 19.2 Å². The molecular weight excluding hydrogens is 352 g/mol. The predicted molar refractivity (Wildman–Crippen MR) is 98.3 cm³/mol. The van der Waals surface area contributed by atoms with Crippen LogP contribution in [-0.4, -0.2) is 44.2 Å². The second kappa shape index (κ2) is 6.90. The molecule has 3 heterocycles. The summed E-state index contributed by atoms with van der Waals surface area (Å²) in [6.07, 6.45) is 5.92. The summed E-state index contributed by atoms with van der Waals surface area (Å²) in [7, 11) is -1.14. The fourth-order valence-corrected chi connectivity index (χ4v) is 2.67. The molecule has 0 unspecified atom stereocenters. The number of hydrogen-bond acceptors (Lipinski definition) is 5. The average molecular weight is 373 g/mol. The number of aliphatic carboxylic acids is 1. The van der Waals surface area contributed by atoms with Gasteiger partial charge in [0.25, 0.3) is 0 Å². The van der Waals surface area contributed by atoms with Crippen LogP contribution in [0.15, 0.2) is 36.4 Å². The van der Waals surface area contributed by atoms with Crippen LogP contribution in [0.2, 0.25) is 0 Å². The summed E-state index contributed by atoms with van der Waals surface area (Å²) >= 11 is 0. The van der Waals surface area contributed by atoms with E-state index in [2.05, 4.69) is 10.1 Å². The second-order valence-electron chi connectivity index (χ2n) is 7.38. The molecule has 0 saturated carbocycles. The van der Waals surface area contributed by atoms with Crippen molar-refractivity contribution in [2.75, 3.05) is 0 Å². The summed E-state index contributed by atoms with van der Waals surface area (Å²) in [6.45, 7) is 7.03. The molecule has 0 radical (unpaired) electrons. The van der Waals surface area contributed by atoms with Crippen LogP contribution in [0.4, 0.5) is 4.39 Å². The average Bonchev–Trinajstić information content (AvgIpc) is 3.05. The van der Waals surface area contributed by atoms with Gasteiger partial charge in [-0.15, -0.1) is 0 Å². The summed E-state index contributed by atoms with van der Waals surface area (Å²) in [5.41, 5.74) is -0.366. The molecule has 1 aliphatic rings. The Morgan fingerprint density at radius 3 is 2.41 bits per heavy atom. The highest BCUT2D eigenvalue weighted by atomic mass is 19.1. The van der Waals surface area contributed by atoms with Gasteiger partial charge < -0.3 is 14.4 Å². The lowest BCUT2D eigenvalue weighted by Crippen LogP contribution is -2.41. The number of carboxylic acid groups (broad SMARTS) is 1. The molecule has 0 aromatic carbocycles.